The zero-order chi connectivity index (χ0) is 21.3. The van der Waals surface area contributed by atoms with Crippen LogP contribution in [-0.2, 0) is 10.2 Å². The van der Waals surface area contributed by atoms with E-state index < -0.39 is 5.41 Å². The molecule has 0 spiro atoms. The number of carbonyl (C=O) groups excluding carboxylic acids is 2. The fourth-order valence-corrected chi connectivity index (χ4v) is 4.14. The van der Waals surface area contributed by atoms with Gasteiger partial charge in [-0.1, -0.05) is 30.3 Å². The molecule has 3 atom stereocenters. The fraction of sp³-hybridized carbons (Fsp3) is 0.391. The van der Waals surface area contributed by atoms with E-state index >= 15 is 0 Å². The Kier molecular flexibility index (Phi) is 5.49. The van der Waals surface area contributed by atoms with E-state index in [4.69, 9.17) is 9.47 Å². The summed E-state index contributed by atoms with van der Waals surface area (Å²) >= 11 is 0. The average Bonchev–Trinajstić information content (AvgIpc) is 3.39. The maximum atomic E-state index is 13.0. The monoisotopic (exact) mass is 410 g/mol. The third-order valence-corrected chi connectivity index (χ3v) is 6.02. The summed E-state index contributed by atoms with van der Waals surface area (Å²) in [5.41, 5.74) is 1.33. The Balaban J connectivity index is 1.75. The van der Waals surface area contributed by atoms with Crippen LogP contribution >= 0.6 is 0 Å². The van der Waals surface area contributed by atoms with Crippen LogP contribution in [0, 0.1) is 5.92 Å². The van der Waals surface area contributed by atoms with Crippen molar-refractivity contribution in [2.24, 2.45) is 5.92 Å². The van der Waals surface area contributed by atoms with Crippen LogP contribution in [-0.4, -0.2) is 56.9 Å². The van der Waals surface area contributed by atoms with Gasteiger partial charge in [0.25, 0.3) is 11.8 Å². The number of hydrogen-bond donors (Lipinski definition) is 3. The van der Waals surface area contributed by atoms with Crippen molar-refractivity contribution in [3.8, 4) is 5.75 Å². The van der Waals surface area contributed by atoms with Crippen LogP contribution < -0.4 is 15.4 Å². The molecule has 1 saturated carbocycles. The Labute approximate surface area is 175 Å². The molecule has 158 valence electrons. The van der Waals surface area contributed by atoms with Crippen molar-refractivity contribution in [3.63, 3.8) is 0 Å². The number of fused-ring (bicyclic) bond motifs is 1. The van der Waals surface area contributed by atoms with Gasteiger partial charge in [0.2, 0.25) is 0 Å². The molecule has 7 heteroatoms. The molecule has 1 heterocycles. The van der Waals surface area contributed by atoms with Crippen molar-refractivity contribution < 1.29 is 24.2 Å². The molecule has 1 fully saturated rings. The minimum Gasteiger partial charge on any atom is -0.491 e. The third-order valence-electron chi connectivity index (χ3n) is 6.02. The summed E-state index contributed by atoms with van der Waals surface area (Å²) in [5, 5.41) is 16.0. The molecule has 0 radical (unpaired) electrons. The Hall–Kier alpha value is -2.90. The lowest BCUT2D eigenvalue weighted by atomic mass is 9.76. The van der Waals surface area contributed by atoms with Gasteiger partial charge in [0.15, 0.2) is 0 Å². The molecule has 2 aliphatic rings. The molecule has 0 bridgehead atoms. The lowest BCUT2D eigenvalue weighted by Crippen LogP contribution is -2.34. The minimum atomic E-state index is -0.839. The number of nitrogens with one attached hydrogen (secondary N) is 2. The number of aliphatic hydroxyl groups excluding tert-OH is 1. The number of ether oxygens (including phenoxy) is 2. The second-order valence-electron chi connectivity index (χ2n) is 7.91. The predicted octanol–water partition coefficient (Wildman–Crippen LogP) is 1.48. The van der Waals surface area contributed by atoms with Crippen molar-refractivity contribution in [1.82, 2.24) is 10.6 Å². The van der Waals surface area contributed by atoms with E-state index in [1.165, 1.54) is 7.05 Å². The van der Waals surface area contributed by atoms with E-state index in [0.29, 0.717) is 29.4 Å². The second-order valence-corrected chi connectivity index (χ2v) is 7.91. The number of aliphatic hydroxyl groups is 1. The van der Waals surface area contributed by atoms with Gasteiger partial charge in [-0.15, -0.1) is 0 Å². The summed E-state index contributed by atoms with van der Waals surface area (Å²) in [7, 11) is 3.18. The molecule has 1 aliphatic carbocycles. The number of rotatable bonds is 7. The minimum absolute atomic E-state index is 0.0714. The van der Waals surface area contributed by atoms with Crippen LogP contribution in [0.4, 0.5) is 0 Å². The first-order valence-electron chi connectivity index (χ1n) is 10.0. The number of methoxy groups -OCH3 is 1. The molecule has 3 N–H and O–H groups in total. The van der Waals surface area contributed by atoms with Crippen LogP contribution in [0.25, 0.3) is 0 Å². The van der Waals surface area contributed by atoms with Gasteiger partial charge in [0.1, 0.15) is 12.4 Å². The maximum absolute atomic E-state index is 13.0. The van der Waals surface area contributed by atoms with E-state index in [-0.39, 0.29) is 36.6 Å². The highest BCUT2D eigenvalue weighted by molar-refractivity contribution is 6.02. The Morgan fingerprint density at radius 1 is 1.23 bits per heavy atom. The average molecular weight is 410 g/mol. The summed E-state index contributed by atoms with van der Waals surface area (Å²) in [6.07, 6.45) is 0.876. The summed E-state index contributed by atoms with van der Waals surface area (Å²) in [6, 6.07) is 12.9. The van der Waals surface area contributed by atoms with Gasteiger partial charge in [0, 0.05) is 37.2 Å². The van der Waals surface area contributed by atoms with E-state index in [9.17, 15) is 14.7 Å². The summed E-state index contributed by atoms with van der Waals surface area (Å²) in [5.74, 6) is 0.133. The second kappa shape index (κ2) is 8.08. The highest BCUT2D eigenvalue weighted by Crippen LogP contribution is 2.45. The quantitative estimate of drug-likeness (QED) is 0.643. The van der Waals surface area contributed by atoms with E-state index in [0.717, 1.165) is 12.0 Å². The van der Waals surface area contributed by atoms with Crippen molar-refractivity contribution >= 4 is 11.8 Å². The van der Waals surface area contributed by atoms with Crippen LogP contribution in [0.15, 0.2) is 42.5 Å². The molecule has 30 heavy (non-hydrogen) atoms. The fourth-order valence-electron chi connectivity index (χ4n) is 4.14. The smallest absolute Gasteiger partial charge is 0.254 e. The van der Waals surface area contributed by atoms with Crippen LogP contribution in [0.5, 0.6) is 5.75 Å². The Morgan fingerprint density at radius 3 is 2.67 bits per heavy atom. The topological polar surface area (TPSA) is 96.9 Å². The Morgan fingerprint density at radius 2 is 2.00 bits per heavy atom. The largest absolute Gasteiger partial charge is 0.491 e. The molecule has 7 nitrogen and oxygen atoms in total. The number of amides is 2. The summed E-state index contributed by atoms with van der Waals surface area (Å²) < 4.78 is 11.1. The molecule has 1 aliphatic heterocycles. The van der Waals surface area contributed by atoms with Gasteiger partial charge in [-0.05, 0) is 24.1 Å². The maximum Gasteiger partial charge on any atom is 0.254 e. The number of carbonyl (C=O) groups is 2. The highest BCUT2D eigenvalue weighted by atomic mass is 16.5. The first-order valence-corrected chi connectivity index (χ1v) is 10.0. The SMILES string of the molecule is CNC(=O)c1cc(C(=O)N[C@@H]2C[C@H]2COC)cc2c1OCC2(CO)c1ccccc1. The van der Waals surface area contributed by atoms with Crippen LogP contribution in [0.1, 0.15) is 38.3 Å². The van der Waals surface area contributed by atoms with Crippen molar-refractivity contribution in [3.05, 3.63) is 64.7 Å². The van der Waals surface area contributed by atoms with Crippen molar-refractivity contribution in [2.75, 3.05) is 34.0 Å². The lowest BCUT2D eigenvalue weighted by molar-refractivity contribution is 0.0945. The molecular formula is C23H26N2O5. The highest BCUT2D eigenvalue weighted by Gasteiger charge is 2.45. The van der Waals surface area contributed by atoms with Gasteiger partial charge in [-0.3, -0.25) is 9.59 Å². The summed E-state index contributed by atoms with van der Waals surface area (Å²) in [6.45, 7) is 0.589. The predicted molar refractivity (Wildman–Crippen MR) is 111 cm³/mol. The molecule has 2 aromatic rings. The van der Waals surface area contributed by atoms with Crippen LogP contribution in [0.2, 0.25) is 0 Å². The Bertz CT molecular complexity index is 962. The summed E-state index contributed by atoms with van der Waals surface area (Å²) in [4.78, 5) is 25.5. The van der Waals surface area contributed by atoms with Gasteiger partial charge in [0.05, 0.1) is 24.2 Å². The normalized spacial score (nSPS) is 24.0. The van der Waals surface area contributed by atoms with Crippen LogP contribution in [0.3, 0.4) is 0 Å². The number of hydrogen-bond acceptors (Lipinski definition) is 5. The molecular weight excluding hydrogens is 384 g/mol. The van der Waals surface area contributed by atoms with Crippen molar-refractivity contribution in [2.45, 2.75) is 17.9 Å². The molecule has 1 unspecified atom stereocenters. The third kappa shape index (κ3) is 3.44. The van der Waals surface area contributed by atoms with Gasteiger partial charge in [-0.2, -0.15) is 0 Å². The zero-order valence-corrected chi connectivity index (χ0v) is 17.1. The van der Waals surface area contributed by atoms with Gasteiger partial charge < -0.3 is 25.2 Å². The molecule has 0 saturated heterocycles. The van der Waals surface area contributed by atoms with E-state index in [2.05, 4.69) is 10.6 Å². The molecule has 0 aromatic heterocycles. The van der Waals surface area contributed by atoms with Crippen molar-refractivity contribution in [1.29, 1.82) is 0 Å². The molecule has 2 amide bonds. The van der Waals surface area contributed by atoms with E-state index in [1.54, 1.807) is 19.2 Å². The molecule has 2 aromatic carbocycles. The first kappa shape index (κ1) is 20.4. The number of benzene rings is 2. The first-order chi connectivity index (χ1) is 14.5. The van der Waals surface area contributed by atoms with Gasteiger partial charge in [-0.25, -0.2) is 0 Å². The lowest BCUT2D eigenvalue weighted by Gasteiger charge is -2.26. The van der Waals surface area contributed by atoms with E-state index in [1.807, 2.05) is 30.3 Å². The standard InChI is InChI=1S/C23H26N2O5/c1-24-22(28)17-8-14(21(27)25-19-10-15(19)11-29-2)9-18-20(17)30-13-23(18,12-26)16-6-4-3-5-7-16/h3-9,15,19,26H,10-13H2,1-2H3,(H,24,28)(H,25,27)/t15-,19+,23?/m0/s1. The van der Waals surface area contributed by atoms with Gasteiger partial charge >= 0.3 is 0 Å². The molecule has 4 rings (SSSR count). The zero-order valence-electron chi connectivity index (χ0n) is 17.1.